The van der Waals surface area contributed by atoms with Crippen molar-refractivity contribution in [2.45, 2.75) is 25.8 Å². The first-order chi connectivity index (χ1) is 7.74. The van der Waals surface area contributed by atoms with E-state index in [4.69, 9.17) is 9.52 Å². The van der Waals surface area contributed by atoms with E-state index in [-0.39, 0.29) is 6.42 Å². The summed E-state index contributed by atoms with van der Waals surface area (Å²) in [5.41, 5.74) is 0. The van der Waals surface area contributed by atoms with E-state index >= 15 is 0 Å². The Morgan fingerprint density at radius 3 is 3.19 bits per heavy atom. The van der Waals surface area contributed by atoms with Crippen molar-refractivity contribution in [3.63, 3.8) is 0 Å². The maximum atomic E-state index is 10.7. The van der Waals surface area contributed by atoms with Gasteiger partial charge in [-0.25, -0.2) is 0 Å². The molecule has 2 rings (SSSR count). The molecule has 1 atom stereocenters. The molecule has 0 aliphatic carbocycles. The van der Waals surface area contributed by atoms with Gasteiger partial charge in [-0.15, -0.1) is 0 Å². The maximum Gasteiger partial charge on any atom is 0.303 e. The van der Waals surface area contributed by atoms with E-state index in [1.807, 2.05) is 12.1 Å². The third-order valence-corrected chi connectivity index (χ3v) is 3.03. The maximum absolute atomic E-state index is 10.7. The van der Waals surface area contributed by atoms with Crippen LogP contribution in [0.3, 0.4) is 0 Å². The van der Waals surface area contributed by atoms with Gasteiger partial charge in [0.15, 0.2) is 0 Å². The van der Waals surface area contributed by atoms with Gasteiger partial charge in [-0.1, -0.05) is 0 Å². The molecule has 4 nitrogen and oxygen atoms in total. The van der Waals surface area contributed by atoms with Crippen molar-refractivity contribution in [2.75, 3.05) is 13.1 Å². The van der Waals surface area contributed by atoms with Crippen LogP contribution in [0.25, 0.3) is 0 Å². The van der Waals surface area contributed by atoms with Crippen LogP contribution >= 0.6 is 0 Å². The van der Waals surface area contributed by atoms with E-state index in [0.717, 1.165) is 38.2 Å². The van der Waals surface area contributed by atoms with Gasteiger partial charge < -0.3 is 9.52 Å². The number of furan rings is 1. The van der Waals surface area contributed by atoms with E-state index in [1.54, 1.807) is 6.26 Å². The first-order valence-corrected chi connectivity index (χ1v) is 5.70. The predicted molar refractivity (Wildman–Crippen MR) is 59.0 cm³/mol. The zero-order valence-corrected chi connectivity index (χ0v) is 9.26. The third kappa shape index (κ3) is 3.10. The molecule has 1 aliphatic heterocycles. The normalized spacial score (nSPS) is 22.1. The number of piperidine rings is 1. The van der Waals surface area contributed by atoms with Crippen LogP contribution in [0.1, 0.15) is 25.0 Å². The highest BCUT2D eigenvalue weighted by atomic mass is 16.4. The summed E-state index contributed by atoms with van der Waals surface area (Å²) in [5.74, 6) is 0.557. The summed E-state index contributed by atoms with van der Waals surface area (Å²) in [7, 11) is 0. The van der Waals surface area contributed by atoms with Gasteiger partial charge >= 0.3 is 5.97 Å². The molecule has 1 aliphatic rings. The van der Waals surface area contributed by atoms with Crippen molar-refractivity contribution in [1.29, 1.82) is 0 Å². The highest BCUT2D eigenvalue weighted by Gasteiger charge is 2.22. The fourth-order valence-corrected chi connectivity index (χ4v) is 2.33. The summed E-state index contributed by atoms with van der Waals surface area (Å²) in [6.07, 6.45) is 4.07. The minimum absolute atomic E-state index is 0.286. The lowest BCUT2D eigenvalue weighted by Gasteiger charge is -2.31. The molecule has 1 aromatic rings. The minimum atomic E-state index is -0.690. The van der Waals surface area contributed by atoms with Crippen LogP contribution in [0.15, 0.2) is 22.8 Å². The second kappa shape index (κ2) is 5.16. The molecular formula is C12H17NO3. The number of hydrogen-bond acceptors (Lipinski definition) is 3. The van der Waals surface area contributed by atoms with Crippen LogP contribution < -0.4 is 0 Å². The first-order valence-electron chi connectivity index (χ1n) is 5.70. The fourth-order valence-electron chi connectivity index (χ4n) is 2.33. The number of carboxylic acids is 1. The van der Waals surface area contributed by atoms with Crippen molar-refractivity contribution in [1.82, 2.24) is 4.90 Å². The number of rotatable bonds is 4. The van der Waals surface area contributed by atoms with Gasteiger partial charge in [-0.3, -0.25) is 9.69 Å². The molecule has 0 saturated carbocycles. The van der Waals surface area contributed by atoms with E-state index < -0.39 is 5.97 Å². The summed E-state index contributed by atoms with van der Waals surface area (Å²) in [5, 5.41) is 8.77. The van der Waals surface area contributed by atoms with Gasteiger partial charge in [0.1, 0.15) is 5.76 Å². The molecule has 0 amide bonds. The Labute approximate surface area is 94.9 Å². The molecule has 0 aromatic carbocycles. The van der Waals surface area contributed by atoms with Crippen LogP contribution in [0.5, 0.6) is 0 Å². The SMILES string of the molecule is O=C(O)CC1CCCN(Cc2ccco2)C1. The Kier molecular flexibility index (Phi) is 3.62. The van der Waals surface area contributed by atoms with E-state index in [2.05, 4.69) is 4.90 Å². The van der Waals surface area contributed by atoms with Crippen LogP contribution in [0.2, 0.25) is 0 Å². The minimum Gasteiger partial charge on any atom is -0.481 e. The average molecular weight is 223 g/mol. The fraction of sp³-hybridized carbons (Fsp3) is 0.583. The number of aliphatic carboxylic acids is 1. The third-order valence-electron chi connectivity index (χ3n) is 3.03. The van der Waals surface area contributed by atoms with Gasteiger partial charge in [0.25, 0.3) is 0 Å². The first kappa shape index (κ1) is 11.2. The number of carbonyl (C=O) groups is 1. The smallest absolute Gasteiger partial charge is 0.303 e. The van der Waals surface area contributed by atoms with Gasteiger partial charge in [0.2, 0.25) is 0 Å². The highest BCUT2D eigenvalue weighted by Crippen LogP contribution is 2.21. The molecule has 2 heterocycles. The molecule has 1 unspecified atom stereocenters. The zero-order valence-electron chi connectivity index (χ0n) is 9.26. The number of nitrogens with zero attached hydrogens (tertiary/aromatic N) is 1. The van der Waals surface area contributed by atoms with Gasteiger partial charge in [-0.05, 0) is 37.4 Å². The lowest BCUT2D eigenvalue weighted by atomic mass is 9.95. The number of likely N-dealkylation sites (tertiary alicyclic amines) is 1. The summed E-state index contributed by atoms with van der Waals surface area (Å²) in [4.78, 5) is 12.9. The molecular weight excluding hydrogens is 206 g/mol. The molecule has 0 radical (unpaired) electrons. The summed E-state index contributed by atoms with van der Waals surface area (Å²) in [6, 6.07) is 3.84. The zero-order chi connectivity index (χ0) is 11.4. The Balaban J connectivity index is 1.84. The average Bonchev–Trinajstić information content (AvgIpc) is 2.70. The highest BCUT2D eigenvalue weighted by molar-refractivity contribution is 5.67. The summed E-state index contributed by atoms with van der Waals surface area (Å²) in [6.45, 7) is 2.70. The van der Waals surface area contributed by atoms with Gasteiger partial charge in [-0.2, -0.15) is 0 Å². The second-order valence-electron chi connectivity index (χ2n) is 4.42. The Morgan fingerprint density at radius 2 is 2.50 bits per heavy atom. The van der Waals surface area contributed by atoms with Crippen LogP contribution in [-0.2, 0) is 11.3 Å². The Bertz CT molecular complexity index is 334. The quantitative estimate of drug-likeness (QED) is 0.847. The van der Waals surface area contributed by atoms with Gasteiger partial charge in [0.05, 0.1) is 12.8 Å². The van der Waals surface area contributed by atoms with E-state index in [1.165, 1.54) is 0 Å². The standard InChI is InChI=1S/C12H17NO3/c14-12(15)7-10-3-1-5-13(8-10)9-11-4-2-6-16-11/h2,4,6,10H,1,3,5,7-9H2,(H,14,15). The predicted octanol–water partition coefficient (Wildman–Crippen LogP) is 1.97. The van der Waals surface area contributed by atoms with Gasteiger partial charge in [0, 0.05) is 13.0 Å². The summed E-state index contributed by atoms with van der Waals surface area (Å²) >= 11 is 0. The lowest BCUT2D eigenvalue weighted by Crippen LogP contribution is -2.35. The van der Waals surface area contributed by atoms with Crippen molar-refractivity contribution in [2.24, 2.45) is 5.92 Å². The molecule has 4 heteroatoms. The van der Waals surface area contributed by atoms with E-state index in [0.29, 0.717) is 5.92 Å². The monoisotopic (exact) mass is 223 g/mol. The summed E-state index contributed by atoms with van der Waals surface area (Å²) < 4.78 is 5.29. The second-order valence-corrected chi connectivity index (χ2v) is 4.42. The molecule has 0 bridgehead atoms. The lowest BCUT2D eigenvalue weighted by molar-refractivity contribution is -0.138. The Morgan fingerprint density at radius 1 is 1.62 bits per heavy atom. The topological polar surface area (TPSA) is 53.7 Å². The van der Waals surface area contributed by atoms with Crippen LogP contribution in [0, 0.1) is 5.92 Å². The molecule has 1 fully saturated rings. The largest absolute Gasteiger partial charge is 0.481 e. The molecule has 1 aromatic heterocycles. The van der Waals surface area contributed by atoms with Crippen molar-refractivity contribution < 1.29 is 14.3 Å². The molecule has 1 saturated heterocycles. The van der Waals surface area contributed by atoms with Crippen LogP contribution in [-0.4, -0.2) is 29.1 Å². The molecule has 1 N–H and O–H groups in total. The molecule has 16 heavy (non-hydrogen) atoms. The Hall–Kier alpha value is -1.29. The van der Waals surface area contributed by atoms with Crippen LogP contribution in [0.4, 0.5) is 0 Å². The number of hydrogen-bond donors (Lipinski definition) is 1. The van der Waals surface area contributed by atoms with E-state index in [9.17, 15) is 4.79 Å². The molecule has 88 valence electrons. The van der Waals surface area contributed by atoms with Crippen molar-refractivity contribution >= 4 is 5.97 Å². The molecule has 0 spiro atoms. The number of carboxylic acid groups (broad SMARTS) is 1. The van der Waals surface area contributed by atoms with Crippen molar-refractivity contribution in [3.8, 4) is 0 Å². The van der Waals surface area contributed by atoms with Crippen molar-refractivity contribution in [3.05, 3.63) is 24.2 Å².